The molecule has 1 amide bonds. The highest BCUT2D eigenvalue weighted by Gasteiger charge is 2.24. The molecule has 0 saturated carbocycles. The van der Waals surface area contributed by atoms with E-state index in [4.69, 9.17) is 11.6 Å². The third-order valence-electron chi connectivity index (χ3n) is 4.56. The Balaban J connectivity index is 1.65. The molecule has 0 unspecified atom stereocenters. The van der Waals surface area contributed by atoms with E-state index in [0.29, 0.717) is 20.8 Å². The van der Waals surface area contributed by atoms with Crippen molar-refractivity contribution in [3.05, 3.63) is 87.3 Å². The summed E-state index contributed by atoms with van der Waals surface area (Å²) in [5, 5.41) is 3.88. The summed E-state index contributed by atoms with van der Waals surface area (Å²) in [6.45, 7) is 4.00. The second kappa shape index (κ2) is 7.89. The Bertz CT molecular complexity index is 1170. The van der Waals surface area contributed by atoms with Gasteiger partial charge in [-0.25, -0.2) is 9.38 Å². The van der Waals surface area contributed by atoms with Crippen LogP contribution in [0.3, 0.4) is 0 Å². The Hall–Kier alpha value is -2.83. The summed E-state index contributed by atoms with van der Waals surface area (Å²) in [6, 6.07) is 15.5. The number of amides is 1. The predicted octanol–water partition coefficient (Wildman–Crippen LogP) is 5.78. The fourth-order valence-corrected chi connectivity index (χ4v) is 4.25. The van der Waals surface area contributed by atoms with Gasteiger partial charge in [-0.3, -0.25) is 4.79 Å². The van der Waals surface area contributed by atoms with Gasteiger partial charge in [-0.1, -0.05) is 23.7 Å². The first-order chi connectivity index (χ1) is 13.9. The summed E-state index contributed by atoms with van der Waals surface area (Å²) in [5.74, 6) is -0.537. The number of aromatic nitrogens is 1. The maximum atomic E-state index is 13.0. The van der Waals surface area contributed by atoms with Gasteiger partial charge in [0.1, 0.15) is 5.82 Å². The van der Waals surface area contributed by atoms with Gasteiger partial charge in [-0.2, -0.15) is 0 Å². The molecule has 4 rings (SSSR count). The molecule has 3 aromatic rings. The molecule has 0 aliphatic carbocycles. The molecule has 7 heteroatoms. The number of nitrogens with zero attached hydrogens (tertiary/aromatic N) is 2. The molecule has 1 fully saturated rings. The van der Waals surface area contributed by atoms with Crippen LogP contribution in [0.15, 0.2) is 64.5 Å². The lowest BCUT2D eigenvalue weighted by Gasteiger charge is -2.11. The lowest BCUT2D eigenvalue weighted by atomic mass is 10.2. The first-order valence-electron chi connectivity index (χ1n) is 8.91. The van der Waals surface area contributed by atoms with E-state index in [2.05, 4.69) is 14.9 Å². The average molecular weight is 426 g/mol. The molecular formula is C22H17ClFN3OS. The summed E-state index contributed by atoms with van der Waals surface area (Å²) < 4.78 is 15.1. The summed E-state index contributed by atoms with van der Waals surface area (Å²) in [5.41, 5.74) is 4.41. The number of hydrogen-bond acceptors (Lipinski definition) is 3. The Kier molecular flexibility index (Phi) is 5.30. The van der Waals surface area contributed by atoms with Gasteiger partial charge in [-0.05, 0) is 79.7 Å². The second-order valence-electron chi connectivity index (χ2n) is 6.57. The molecule has 1 aliphatic rings. The maximum absolute atomic E-state index is 13.0. The lowest BCUT2D eigenvalue weighted by Crippen LogP contribution is -2.19. The highest BCUT2D eigenvalue weighted by molar-refractivity contribution is 8.18. The van der Waals surface area contributed by atoms with Crippen LogP contribution in [-0.4, -0.2) is 15.6 Å². The van der Waals surface area contributed by atoms with Crippen LogP contribution in [-0.2, 0) is 4.79 Å². The van der Waals surface area contributed by atoms with Gasteiger partial charge in [-0.15, -0.1) is 0 Å². The van der Waals surface area contributed by atoms with Crippen molar-refractivity contribution < 1.29 is 9.18 Å². The minimum atomic E-state index is -0.327. The largest absolute Gasteiger partial charge is 0.316 e. The average Bonchev–Trinajstić information content (AvgIpc) is 3.17. The number of amidine groups is 1. The van der Waals surface area contributed by atoms with Crippen molar-refractivity contribution in [2.24, 2.45) is 4.99 Å². The van der Waals surface area contributed by atoms with Crippen molar-refractivity contribution in [3.63, 3.8) is 0 Å². The molecule has 0 atom stereocenters. The zero-order valence-electron chi connectivity index (χ0n) is 15.7. The fourth-order valence-electron chi connectivity index (χ4n) is 3.19. The van der Waals surface area contributed by atoms with Gasteiger partial charge < -0.3 is 9.88 Å². The third kappa shape index (κ3) is 3.99. The summed E-state index contributed by atoms with van der Waals surface area (Å²) in [7, 11) is 0. The minimum absolute atomic E-state index is 0.210. The topological polar surface area (TPSA) is 46.4 Å². The van der Waals surface area contributed by atoms with E-state index in [0.717, 1.165) is 22.6 Å². The lowest BCUT2D eigenvalue weighted by molar-refractivity contribution is -0.115. The summed E-state index contributed by atoms with van der Waals surface area (Å²) in [4.78, 5) is 17.3. The van der Waals surface area contributed by atoms with E-state index >= 15 is 0 Å². The molecule has 2 heterocycles. The minimum Gasteiger partial charge on any atom is -0.316 e. The predicted molar refractivity (Wildman–Crippen MR) is 117 cm³/mol. The summed E-state index contributed by atoms with van der Waals surface area (Å²) >= 11 is 7.62. The van der Waals surface area contributed by atoms with Crippen LogP contribution < -0.4 is 5.32 Å². The Morgan fingerprint density at radius 1 is 1.14 bits per heavy atom. The van der Waals surface area contributed by atoms with Crippen LogP contribution in [0.25, 0.3) is 11.8 Å². The first-order valence-corrected chi connectivity index (χ1v) is 10.1. The molecular weight excluding hydrogens is 409 g/mol. The molecule has 2 aromatic carbocycles. The Labute approximate surface area is 177 Å². The van der Waals surface area contributed by atoms with E-state index < -0.39 is 0 Å². The van der Waals surface area contributed by atoms with Crippen LogP contribution in [0.1, 0.15) is 17.0 Å². The van der Waals surface area contributed by atoms with E-state index in [1.165, 1.54) is 23.9 Å². The molecule has 29 heavy (non-hydrogen) atoms. The second-order valence-corrected chi connectivity index (χ2v) is 8.01. The molecule has 0 spiro atoms. The molecule has 4 nitrogen and oxygen atoms in total. The number of aryl methyl sites for hydroxylation is 1. The highest BCUT2D eigenvalue weighted by Crippen LogP contribution is 2.31. The van der Waals surface area contributed by atoms with Gasteiger partial charge >= 0.3 is 0 Å². The van der Waals surface area contributed by atoms with Crippen molar-refractivity contribution >= 4 is 46.2 Å². The number of rotatable bonds is 3. The van der Waals surface area contributed by atoms with Crippen molar-refractivity contribution in [1.29, 1.82) is 0 Å². The van der Waals surface area contributed by atoms with Gasteiger partial charge in [0.25, 0.3) is 5.91 Å². The zero-order valence-corrected chi connectivity index (χ0v) is 17.3. The van der Waals surface area contributed by atoms with Crippen LogP contribution >= 0.6 is 23.4 Å². The maximum Gasteiger partial charge on any atom is 0.264 e. The number of halogens is 2. The first kappa shape index (κ1) is 19.5. The van der Waals surface area contributed by atoms with Crippen LogP contribution in [0.2, 0.25) is 5.02 Å². The van der Waals surface area contributed by atoms with E-state index in [-0.39, 0.29) is 11.7 Å². The molecule has 1 saturated heterocycles. The fraction of sp³-hybridized carbons (Fsp3) is 0.0909. The van der Waals surface area contributed by atoms with Crippen molar-refractivity contribution in [2.75, 3.05) is 0 Å². The number of carbonyl (C=O) groups is 1. The molecule has 0 bridgehead atoms. The smallest absolute Gasteiger partial charge is 0.264 e. The van der Waals surface area contributed by atoms with Gasteiger partial charge in [0.05, 0.1) is 21.3 Å². The van der Waals surface area contributed by atoms with Gasteiger partial charge in [0, 0.05) is 11.4 Å². The van der Waals surface area contributed by atoms with Crippen molar-refractivity contribution in [1.82, 2.24) is 9.88 Å². The number of carbonyl (C=O) groups excluding carboxylic acids is 1. The molecule has 1 aromatic heterocycles. The van der Waals surface area contributed by atoms with Gasteiger partial charge in [0.15, 0.2) is 5.17 Å². The normalized spacial score (nSPS) is 16.6. The molecule has 0 radical (unpaired) electrons. The quantitative estimate of drug-likeness (QED) is 0.541. The Morgan fingerprint density at radius 3 is 2.59 bits per heavy atom. The third-order valence-corrected chi connectivity index (χ3v) is 5.79. The number of aliphatic imine (C=N–C) groups is 1. The van der Waals surface area contributed by atoms with Crippen LogP contribution in [0.4, 0.5) is 10.1 Å². The monoisotopic (exact) mass is 425 g/mol. The molecule has 1 N–H and O–H groups in total. The number of nitrogens with one attached hydrogen (secondary N) is 1. The SMILES string of the molecule is Cc1cc(/C=C2/SC(=Nc3ccc(F)cc3)NC2=O)c(C)n1-c1ccccc1Cl. The van der Waals surface area contributed by atoms with E-state index in [1.807, 2.05) is 50.3 Å². The number of para-hydroxylation sites is 1. The number of thioether (sulfide) groups is 1. The van der Waals surface area contributed by atoms with E-state index in [9.17, 15) is 9.18 Å². The zero-order chi connectivity index (χ0) is 20.5. The number of hydrogen-bond donors (Lipinski definition) is 1. The van der Waals surface area contributed by atoms with E-state index in [1.54, 1.807) is 12.1 Å². The number of benzene rings is 2. The Morgan fingerprint density at radius 2 is 1.86 bits per heavy atom. The van der Waals surface area contributed by atoms with Crippen molar-refractivity contribution in [2.45, 2.75) is 13.8 Å². The highest BCUT2D eigenvalue weighted by atomic mass is 35.5. The van der Waals surface area contributed by atoms with Crippen LogP contribution in [0.5, 0.6) is 0 Å². The van der Waals surface area contributed by atoms with Crippen LogP contribution in [0, 0.1) is 19.7 Å². The van der Waals surface area contributed by atoms with Crippen molar-refractivity contribution in [3.8, 4) is 5.69 Å². The van der Waals surface area contributed by atoms with Gasteiger partial charge in [0.2, 0.25) is 0 Å². The summed E-state index contributed by atoms with van der Waals surface area (Å²) in [6.07, 6.45) is 1.85. The molecule has 146 valence electrons. The molecule has 1 aliphatic heterocycles. The standard InChI is InChI=1S/C22H17ClFN3OS/c1-13-11-15(14(2)27(13)19-6-4-3-5-18(19)23)12-20-21(28)26-22(29-20)25-17-9-7-16(24)8-10-17/h3-12H,1-2H3,(H,25,26,28)/b20-12+.